The molecule has 2 N–H and O–H groups in total. The van der Waals surface area contributed by atoms with E-state index in [9.17, 15) is 4.79 Å². The number of rotatable bonds is 8. The summed E-state index contributed by atoms with van der Waals surface area (Å²) in [6, 6.07) is 3.77. The summed E-state index contributed by atoms with van der Waals surface area (Å²) < 4.78 is 16.1. The zero-order valence-electron chi connectivity index (χ0n) is 21.4. The van der Waals surface area contributed by atoms with E-state index >= 15 is 0 Å². The minimum absolute atomic E-state index is 0.112. The van der Waals surface area contributed by atoms with Crippen molar-refractivity contribution in [3.8, 4) is 17.2 Å². The SMILES string of the molecule is COc1cc(C(=O)NC2CCC(Nc3nc4c(c(N(C)C)n3)CCCC4)CC2)cc(OC)c1OC. The van der Waals surface area contributed by atoms with Crippen molar-refractivity contribution in [1.82, 2.24) is 15.3 Å². The van der Waals surface area contributed by atoms with Crippen molar-refractivity contribution >= 4 is 17.7 Å². The maximum Gasteiger partial charge on any atom is 0.251 e. The van der Waals surface area contributed by atoms with Crippen LogP contribution in [0.5, 0.6) is 17.2 Å². The second-order valence-corrected chi connectivity index (χ2v) is 9.48. The number of aromatic nitrogens is 2. The van der Waals surface area contributed by atoms with E-state index in [1.807, 2.05) is 14.1 Å². The molecule has 35 heavy (non-hydrogen) atoms. The van der Waals surface area contributed by atoms with Gasteiger partial charge in [-0.05, 0) is 63.5 Å². The van der Waals surface area contributed by atoms with Crippen molar-refractivity contribution in [3.05, 3.63) is 29.0 Å². The average Bonchev–Trinajstić information content (AvgIpc) is 2.88. The molecule has 2 aliphatic rings. The minimum Gasteiger partial charge on any atom is -0.493 e. The second kappa shape index (κ2) is 11.0. The first kappa shape index (κ1) is 24.9. The Balaban J connectivity index is 1.37. The number of ether oxygens (including phenoxy) is 3. The van der Waals surface area contributed by atoms with E-state index in [0.29, 0.717) is 28.9 Å². The molecule has 1 fully saturated rings. The van der Waals surface area contributed by atoms with Gasteiger partial charge in [-0.2, -0.15) is 4.98 Å². The summed E-state index contributed by atoms with van der Waals surface area (Å²) in [5, 5.41) is 6.73. The van der Waals surface area contributed by atoms with E-state index in [1.54, 1.807) is 33.5 Å². The van der Waals surface area contributed by atoms with Gasteiger partial charge in [0.1, 0.15) is 5.82 Å². The standard InChI is InChI=1S/C26H37N5O4/c1-31(2)24-19-8-6-7-9-20(19)29-26(30-24)28-18-12-10-17(11-13-18)27-25(32)16-14-21(33-3)23(35-5)22(15-16)34-4/h14-15,17-18H,6-13H2,1-5H3,(H,27,32)(H,28,29,30). The lowest BCUT2D eigenvalue weighted by atomic mass is 9.91. The van der Waals surface area contributed by atoms with E-state index in [4.69, 9.17) is 24.2 Å². The summed E-state index contributed by atoms with van der Waals surface area (Å²) in [5.74, 6) is 3.01. The van der Waals surface area contributed by atoms with Crippen LogP contribution in [0.2, 0.25) is 0 Å². The van der Waals surface area contributed by atoms with E-state index in [-0.39, 0.29) is 11.9 Å². The molecule has 190 valence electrons. The third-order valence-corrected chi connectivity index (χ3v) is 6.91. The Morgan fingerprint density at radius 1 is 0.914 bits per heavy atom. The molecule has 4 rings (SSSR count). The predicted molar refractivity (Wildman–Crippen MR) is 136 cm³/mol. The number of hydrogen-bond donors (Lipinski definition) is 2. The number of nitrogens with zero attached hydrogens (tertiary/aromatic N) is 3. The van der Waals surface area contributed by atoms with Gasteiger partial charge >= 0.3 is 0 Å². The molecular formula is C26H37N5O4. The summed E-state index contributed by atoms with van der Waals surface area (Å²) in [7, 11) is 8.72. The van der Waals surface area contributed by atoms with Gasteiger partial charge in [0.15, 0.2) is 11.5 Å². The predicted octanol–water partition coefficient (Wildman–Crippen LogP) is 3.60. The first-order valence-electron chi connectivity index (χ1n) is 12.4. The number of amides is 1. The van der Waals surface area contributed by atoms with Crippen LogP contribution in [0.4, 0.5) is 11.8 Å². The number of carbonyl (C=O) groups is 1. The van der Waals surface area contributed by atoms with Crippen LogP contribution in [0.1, 0.15) is 60.1 Å². The Hall–Kier alpha value is -3.23. The number of methoxy groups -OCH3 is 3. The fraction of sp³-hybridized carbons (Fsp3) is 0.577. The van der Waals surface area contributed by atoms with Gasteiger partial charge in [-0.15, -0.1) is 0 Å². The largest absolute Gasteiger partial charge is 0.493 e. The van der Waals surface area contributed by atoms with Crippen LogP contribution >= 0.6 is 0 Å². The first-order valence-corrected chi connectivity index (χ1v) is 12.4. The molecule has 1 aromatic heterocycles. The van der Waals surface area contributed by atoms with Crippen molar-refractivity contribution in [2.75, 3.05) is 45.6 Å². The lowest BCUT2D eigenvalue weighted by Gasteiger charge is -2.30. The van der Waals surface area contributed by atoms with Crippen LogP contribution in [-0.2, 0) is 12.8 Å². The molecule has 0 bridgehead atoms. The van der Waals surface area contributed by atoms with Gasteiger partial charge < -0.3 is 29.7 Å². The molecule has 0 spiro atoms. The highest BCUT2D eigenvalue weighted by molar-refractivity contribution is 5.95. The minimum atomic E-state index is -0.144. The summed E-state index contributed by atoms with van der Waals surface area (Å²) in [6.07, 6.45) is 8.13. The number of hydrogen-bond acceptors (Lipinski definition) is 8. The fourth-order valence-corrected chi connectivity index (χ4v) is 5.05. The van der Waals surface area contributed by atoms with Crippen molar-refractivity contribution < 1.29 is 19.0 Å². The fourth-order valence-electron chi connectivity index (χ4n) is 5.05. The van der Waals surface area contributed by atoms with Crippen molar-refractivity contribution in [2.45, 2.75) is 63.5 Å². The van der Waals surface area contributed by atoms with E-state index in [0.717, 1.165) is 50.3 Å². The number of aryl methyl sites for hydroxylation is 1. The van der Waals surface area contributed by atoms with Crippen LogP contribution in [-0.4, -0.2) is 63.4 Å². The first-order chi connectivity index (χ1) is 16.9. The number of benzene rings is 1. The molecule has 0 atom stereocenters. The normalized spacial score (nSPS) is 19.3. The van der Waals surface area contributed by atoms with Crippen LogP contribution in [0.25, 0.3) is 0 Å². The number of carbonyl (C=O) groups excluding carboxylic acids is 1. The number of nitrogens with one attached hydrogen (secondary N) is 2. The molecule has 2 aromatic rings. The third kappa shape index (κ3) is 5.55. The summed E-state index contributed by atoms with van der Waals surface area (Å²) >= 11 is 0. The topological polar surface area (TPSA) is 97.8 Å². The molecular weight excluding hydrogens is 446 g/mol. The second-order valence-electron chi connectivity index (χ2n) is 9.48. The number of anilines is 2. The average molecular weight is 484 g/mol. The van der Waals surface area contributed by atoms with Crippen molar-refractivity contribution in [3.63, 3.8) is 0 Å². The van der Waals surface area contributed by atoms with Gasteiger partial charge in [0.25, 0.3) is 5.91 Å². The van der Waals surface area contributed by atoms with E-state index < -0.39 is 0 Å². The summed E-state index contributed by atoms with van der Waals surface area (Å²) in [4.78, 5) is 24.7. The zero-order chi connectivity index (χ0) is 24.9. The smallest absolute Gasteiger partial charge is 0.251 e. The molecule has 1 aromatic carbocycles. The quantitative estimate of drug-likeness (QED) is 0.588. The van der Waals surface area contributed by atoms with Crippen molar-refractivity contribution in [2.24, 2.45) is 0 Å². The number of fused-ring (bicyclic) bond motifs is 1. The van der Waals surface area contributed by atoms with Crippen LogP contribution in [0.3, 0.4) is 0 Å². The van der Waals surface area contributed by atoms with Crippen molar-refractivity contribution in [1.29, 1.82) is 0 Å². The molecule has 0 saturated heterocycles. The Labute approximate surface area is 207 Å². The lowest BCUT2D eigenvalue weighted by Crippen LogP contribution is -2.40. The van der Waals surface area contributed by atoms with Gasteiger partial charge in [-0.3, -0.25) is 4.79 Å². The van der Waals surface area contributed by atoms with E-state index in [2.05, 4.69) is 15.5 Å². The molecule has 9 nitrogen and oxygen atoms in total. The van der Waals surface area contributed by atoms with Gasteiger partial charge in [-0.1, -0.05) is 0 Å². The Kier molecular flexibility index (Phi) is 7.83. The monoisotopic (exact) mass is 483 g/mol. The van der Waals surface area contributed by atoms with Crippen LogP contribution < -0.4 is 29.7 Å². The Morgan fingerprint density at radius 3 is 2.14 bits per heavy atom. The van der Waals surface area contributed by atoms with E-state index in [1.165, 1.54) is 24.1 Å². The van der Waals surface area contributed by atoms with Gasteiger partial charge in [-0.25, -0.2) is 4.98 Å². The molecule has 9 heteroatoms. The van der Waals surface area contributed by atoms with Gasteiger partial charge in [0.05, 0.1) is 27.0 Å². The molecule has 0 unspecified atom stereocenters. The summed E-state index contributed by atoms with van der Waals surface area (Å²) in [6.45, 7) is 0. The Morgan fingerprint density at radius 2 is 1.54 bits per heavy atom. The maximum atomic E-state index is 13.0. The molecule has 1 heterocycles. The highest BCUT2D eigenvalue weighted by Crippen LogP contribution is 2.38. The molecule has 0 radical (unpaired) electrons. The zero-order valence-corrected chi connectivity index (χ0v) is 21.4. The molecule has 0 aliphatic heterocycles. The van der Waals surface area contributed by atoms with Crippen LogP contribution in [0.15, 0.2) is 12.1 Å². The summed E-state index contributed by atoms with van der Waals surface area (Å²) in [5.41, 5.74) is 2.96. The molecule has 1 amide bonds. The highest BCUT2D eigenvalue weighted by Gasteiger charge is 2.26. The lowest BCUT2D eigenvalue weighted by molar-refractivity contribution is 0.0925. The molecule has 1 saturated carbocycles. The van der Waals surface area contributed by atoms with Gasteiger partial charge in [0.2, 0.25) is 11.7 Å². The molecule has 2 aliphatic carbocycles. The van der Waals surface area contributed by atoms with Crippen LogP contribution in [0, 0.1) is 0 Å². The highest BCUT2D eigenvalue weighted by atomic mass is 16.5. The third-order valence-electron chi connectivity index (χ3n) is 6.91. The Bertz CT molecular complexity index is 1030. The van der Waals surface area contributed by atoms with Gasteiger partial charge in [0, 0.05) is 37.3 Å². The maximum absolute atomic E-state index is 13.0.